The molecule has 3 atom stereocenters. The molecule has 19 heavy (non-hydrogen) atoms. The zero-order chi connectivity index (χ0) is 14.3. The van der Waals surface area contributed by atoms with E-state index in [0.29, 0.717) is 0 Å². The molecule has 0 heterocycles. The molecule has 1 N–H and O–H groups in total. The van der Waals surface area contributed by atoms with Gasteiger partial charge in [-0.25, -0.2) is 0 Å². The lowest BCUT2D eigenvalue weighted by Crippen LogP contribution is -2.45. The molecule has 0 aromatic carbocycles. The van der Waals surface area contributed by atoms with Crippen LogP contribution in [0.1, 0.15) is 39.5 Å². The maximum absolute atomic E-state index is 3.71. The predicted molar refractivity (Wildman–Crippen MR) is 84.6 cm³/mol. The second-order valence-electron chi connectivity index (χ2n) is 6.58. The topological polar surface area (TPSA) is 18.5 Å². The Kier molecular flexibility index (Phi) is 7.96. The fraction of sp³-hybridized carbons (Fsp3) is 1.00. The minimum absolute atomic E-state index is 0.745. The molecular formula is C16H35N3. The van der Waals surface area contributed by atoms with E-state index >= 15 is 0 Å². The molecule has 0 aromatic heterocycles. The van der Waals surface area contributed by atoms with Crippen LogP contribution in [0.25, 0.3) is 0 Å². The van der Waals surface area contributed by atoms with Gasteiger partial charge in [-0.2, -0.15) is 0 Å². The van der Waals surface area contributed by atoms with Crippen LogP contribution in [0.4, 0.5) is 0 Å². The number of hydrogen-bond acceptors (Lipinski definition) is 3. The van der Waals surface area contributed by atoms with Crippen LogP contribution in [0.5, 0.6) is 0 Å². The first-order chi connectivity index (χ1) is 9.06. The van der Waals surface area contributed by atoms with Crippen molar-refractivity contribution in [3.05, 3.63) is 0 Å². The van der Waals surface area contributed by atoms with E-state index in [1.54, 1.807) is 0 Å². The molecule has 1 aliphatic rings. The van der Waals surface area contributed by atoms with Crippen LogP contribution >= 0.6 is 0 Å². The predicted octanol–water partition coefficient (Wildman–Crippen LogP) is 2.28. The molecule has 0 radical (unpaired) electrons. The Morgan fingerprint density at radius 2 is 1.79 bits per heavy atom. The average Bonchev–Trinajstić information content (AvgIpc) is 2.38. The van der Waals surface area contributed by atoms with Gasteiger partial charge in [-0.05, 0) is 58.8 Å². The lowest BCUT2D eigenvalue weighted by Gasteiger charge is -2.38. The number of likely N-dealkylation sites (N-methyl/N-ethyl adjacent to an activating group) is 2. The van der Waals surface area contributed by atoms with Crippen LogP contribution < -0.4 is 5.32 Å². The van der Waals surface area contributed by atoms with Crippen molar-refractivity contribution in [2.24, 2.45) is 11.8 Å². The van der Waals surface area contributed by atoms with Crippen molar-refractivity contribution in [2.45, 2.75) is 45.6 Å². The molecule has 0 aliphatic heterocycles. The molecule has 1 saturated carbocycles. The molecule has 1 rings (SSSR count). The van der Waals surface area contributed by atoms with Gasteiger partial charge in [0.05, 0.1) is 0 Å². The summed E-state index contributed by atoms with van der Waals surface area (Å²) in [5.41, 5.74) is 0. The maximum Gasteiger partial charge on any atom is 0.0108 e. The Hall–Kier alpha value is -0.120. The molecule has 3 nitrogen and oxygen atoms in total. The standard InChI is InChI=1S/C16H35N3/c1-6-14-8-9-16(17-7-2)15(12-14)13-19(5)11-10-18(3)4/h14-17H,6-13H2,1-5H3. The number of nitrogens with one attached hydrogen (secondary N) is 1. The highest BCUT2D eigenvalue weighted by molar-refractivity contribution is 4.85. The zero-order valence-corrected chi connectivity index (χ0v) is 13.8. The van der Waals surface area contributed by atoms with Crippen molar-refractivity contribution in [1.29, 1.82) is 0 Å². The van der Waals surface area contributed by atoms with Crippen molar-refractivity contribution in [3.8, 4) is 0 Å². The lowest BCUT2D eigenvalue weighted by molar-refractivity contribution is 0.148. The number of rotatable bonds is 8. The molecule has 0 saturated heterocycles. The second kappa shape index (κ2) is 8.93. The molecule has 0 spiro atoms. The molecular weight excluding hydrogens is 234 g/mol. The largest absolute Gasteiger partial charge is 0.314 e. The van der Waals surface area contributed by atoms with Gasteiger partial charge in [0.15, 0.2) is 0 Å². The highest BCUT2D eigenvalue weighted by Crippen LogP contribution is 2.31. The Labute approximate surface area is 120 Å². The summed E-state index contributed by atoms with van der Waals surface area (Å²) in [5.74, 6) is 1.80. The highest BCUT2D eigenvalue weighted by Gasteiger charge is 2.29. The lowest BCUT2D eigenvalue weighted by atomic mass is 9.76. The third-order valence-electron chi connectivity index (χ3n) is 4.61. The molecule has 3 heteroatoms. The van der Waals surface area contributed by atoms with E-state index in [2.05, 4.69) is 50.1 Å². The summed E-state index contributed by atoms with van der Waals surface area (Å²) in [6.45, 7) is 9.29. The normalized spacial score (nSPS) is 28.3. The molecule has 1 aliphatic carbocycles. The van der Waals surface area contributed by atoms with E-state index in [4.69, 9.17) is 0 Å². The van der Waals surface area contributed by atoms with Crippen molar-refractivity contribution in [3.63, 3.8) is 0 Å². The van der Waals surface area contributed by atoms with Crippen molar-refractivity contribution >= 4 is 0 Å². The van der Waals surface area contributed by atoms with E-state index in [1.807, 2.05) is 0 Å². The third kappa shape index (κ3) is 6.24. The van der Waals surface area contributed by atoms with E-state index < -0.39 is 0 Å². The fourth-order valence-electron chi connectivity index (χ4n) is 3.33. The minimum Gasteiger partial charge on any atom is -0.314 e. The second-order valence-corrected chi connectivity index (χ2v) is 6.58. The quantitative estimate of drug-likeness (QED) is 0.729. The smallest absolute Gasteiger partial charge is 0.0108 e. The molecule has 0 aromatic rings. The van der Waals surface area contributed by atoms with Gasteiger partial charge in [0.1, 0.15) is 0 Å². The monoisotopic (exact) mass is 269 g/mol. The number of hydrogen-bond donors (Lipinski definition) is 1. The van der Waals surface area contributed by atoms with Gasteiger partial charge in [0, 0.05) is 25.7 Å². The summed E-state index contributed by atoms with van der Waals surface area (Å²) in [6, 6.07) is 0.745. The summed E-state index contributed by atoms with van der Waals surface area (Å²) in [5, 5.41) is 3.71. The Balaban J connectivity index is 2.44. The summed E-state index contributed by atoms with van der Waals surface area (Å²) in [7, 11) is 6.59. The molecule has 3 unspecified atom stereocenters. The van der Waals surface area contributed by atoms with E-state index in [9.17, 15) is 0 Å². The van der Waals surface area contributed by atoms with Crippen LogP contribution in [-0.4, -0.2) is 63.2 Å². The average molecular weight is 269 g/mol. The Morgan fingerprint density at radius 1 is 1.05 bits per heavy atom. The zero-order valence-electron chi connectivity index (χ0n) is 13.8. The first-order valence-electron chi connectivity index (χ1n) is 8.13. The summed E-state index contributed by atoms with van der Waals surface area (Å²) >= 11 is 0. The highest BCUT2D eigenvalue weighted by atomic mass is 15.2. The molecule has 0 bridgehead atoms. The molecule has 0 amide bonds. The van der Waals surface area contributed by atoms with Gasteiger partial charge < -0.3 is 15.1 Å². The van der Waals surface area contributed by atoms with Gasteiger partial charge in [-0.1, -0.05) is 20.3 Å². The van der Waals surface area contributed by atoms with Crippen molar-refractivity contribution < 1.29 is 0 Å². The van der Waals surface area contributed by atoms with E-state index in [1.165, 1.54) is 38.8 Å². The van der Waals surface area contributed by atoms with Crippen LogP contribution in [-0.2, 0) is 0 Å². The SMILES string of the molecule is CCNC1CCC(CC)CC1CN(C)CCN(C)C. The van der Waals surface area contributed by atoms with Crippen molar-refractivity contribution in [1.82, 2.24) is 15.1 Å². The third-order valence-corrected chi connectivity index (χ3v) is 4.61. The Morgan fingerprint density at radius 3 is 2.37 bits per heavy atom. The molecule has 114 valence electrons. The summed E-state index contributed by atoms with van der Waals surface area (Å²) in [4.78, 5) is 4.79. The first-order valence-corrected chi connectivity index (χ1v) is 8.13. The van der Waals surface area contributed by atoms with Crippen LogP contribution in [0.15, 0.2) is 0 Å². The maximum atomic E-state index is 3.71. The van der Waals surface area contributed by atoms with Gasteiger partial charge >= 0.3 is 0 Å². The van der Waals surface area contributed by atoms with Crippen LogP contribution in [0, 0.1) is 11.8 Å². The Bertz CT molecular complexity index is 230. The van der Waals surface area contributed by atoms with Gasteiger partial charge in [0.2, 0.25) is 0 Å². The van der Waals surface area contributed by atoms with E-state index in [0.717, 1.165) is 31.0 Å². The first kappa shape index (κ1) is 16.9. The number of nitrogens with zero attached hydrogens (tertiary/aromatic N) is 2. The van der Waals surface area contributed by atoms with Crippen LogP contribution in [0.3, 0.4) is 0 Å². The summed E-state index contributed by atoms with van der Waals surface area (Å²) < 4.78 is 0. The summed E-state index contributed by atoms with van der Waals surface area (Å²) in [6.07, 6.45) is 5.57. The molecule has 1 fully saturated rings. The van der Waals surface area contributed by atoms with E-state index in [-0.39, 0.29) is 0 Å². The fourth-order valence-corrected chi connectivity index (χ4v) is 3.33. The van der Waals surface area contributed by atoms with Gasteiger partial charge in [-0.3, -0.25) is 0 Å². The van der Waals surface area contributed by atoms with Gasteiger partial charge in [-0.15, -0.1) is 0 Å². The minimum atomic E-state index is 0.745. The van der Waals surface area contributed by atoms with Gasteiger partial charge in [0.25, 0.3) is 0 Å². The van der Waals surface area contributed by atoms with Crippen molar-refractivity contribution in [2.75, 3.05) is 47.3 Å². The van der Waals surface area contributed by atoms with Crippen LogP contribution in [0.2, 0.25) is 0 Å².